The van der Waals surface area contributed by atoms with E-state index in [2.05, 4.69) is 17.4 Å². The number of hydrogen-bond donors (Lipinski definition) is 1. The Kier molecular flexibility index (Phi) is 4.39. The molecule has 2 fully saturated rings. The second-order valence-electron chi connectivity index (χ2n) is 6.93. The highest BCUT2D eigenvalue weighted by atomic mass is 16.5. The number of benzene rings is 2. The molecule has 0 saturated carbocycles. The first-order chi connectivity index (χ1) is 11.8. The average molecular weight is 324 g/mol. The summed E-state index contributed by atoms with van der Waals surface area (Å²) in [5.41, 5.74) is 0. The molecule has 0 aromatic heterocycles. The Bertz CT molecular complexity index is 716. The molecule has 2 aromatic rings. The van der Waals surface area contributed by atoms with Gasteiger partial charge in [-0.15, -0.1) is 0 Å². The Morgan fingerprint density at radius 3 is 2.50 bits per heavy atom. The van der Waals surface area contributed by atoms with E-state index in [-0.39, 0.29) is 12.5 Å². The van der Waals surface area contributed by atoms with E-state index < -0.39 is 0 Å². The first-order valence-corrected chi connectivity index (χ1v) is 8.90. The number of carbonyl (C=O) groups excluding carboxylic acids is 1. The number of amides is 1. The van der Waals surface area contributed by atoms with Crippen LogP contribution < -0.4 is 10.1 Å². The lowest BCUT2D eigenvalue weighted by Gasteiger charge is -2.21. The van der Waals surface area contributed by atoms with Crippen molar-refractivity contribution in [3.8, 4) is 5.75 Å². The second-order valence-corrected chi connectivity index (χ2v) is 6.93. The summed E-state index contributed by atoms with van der Waals surface area (Å²) in [5, 5.41) is 5.79. The maximum absolute atomic E-state index is 12.5. The second kappa shape index (κ2) is 6.81. The van der Waals surface area contributed by atoms with E-state index in [1.165, 1.54) is 5.39 Å². The van der Waals surface area contributed by atoms with E-state index in [0.717, 1.165) is 62.0 Å². The molecule has 2 heterocycles. The number of carbonyl (C=O) groups is 1. The number of likely N-dealkylation sites (tertiary alicyclic amines) is 1. The maximum Gasteiger partial charge on any atom is 0.260 e. The molecule has 4 rings (SSSR count). The van der Waals surface area contributed by atoms with Crippen LogP contribution in [0.2, 0.25) is 0 Å². The van der Waals surface area contributed by atoms with Crippen LogP contribution in [0.1, 0.15) is 12.8 Å². The molecule has 1 N–H and O–H groups in total. The van der Waals surface area contributed by atoms with Gasteiger partial charge in [0.05, 0.1) is 0 Å². The maximum atomic E-state index is 12.5. The third-order valence-electron chi connectivity index (χ3n) is 5.46. The van der Waals surface area contributed by atoms with Crippen molar-refractivity contribution in [3.63, 3.8) is 0 Å². The summed E-state index contributed by atoms with van der Waals surface area (Å²) in [6.07, 6.45) is 2.22. The van der Waals surface area contributed by atoms with Crippen molar-refractivity contribution in [2.24, 2.45) is 11.8 Å². The highest BCUT2D eigenvalue weighted by Crippen LogP contribution is 2.27. The van der Waals surface area contributed by atoms with Crippen molar-refractivity contribution in [1.82, 2.24) is 10.2 Å². The predicted molar refractivity (Wildman–Crippen MR) is 95.1 cm³/mol. The molecule has 2 atom stereocenters. The van der Waals surface area contributed by atoms with Crippen molar-refractivity contribution in [3.05, 3.63) is 42.5 Å². The first-order valence-electron chi connectivity index (χ1n) is 8.90. The van der Waals surface area contributed by atoms with Gasteiger partial charge in [-0.2, -0.15) is 0 Å². The smallest absolute Gasteiger partial charge is 0.260 e. The molecule has 0 unspecified atom stereocenters. The van der Waals surface area contributed by atoms with Crippen LogP contribution in [0.25, 0.3) is 10.8 Å². The number of ether oxygens (including phenoxy) is 1. The summed E-state index contributed by atoms with van der Waals surface area (Å²) >= 11 is 0. The van der Waals surface area contributed by atoms with Crippen LogP contribution in [-0.4, -0.2) is 43.6 Å². The number of hydrogen-bond acceptors (Lipinski definition) is 3. The highest BCUT2D eigenvalue weighted by molar-refractivity contribution is 5.84. The first kappa shape index (κ1) is 15.5. The topological polar surface area (TPSA) is 41.6 Å². The van der Waals surface area contributed by atoms with Crippen molar-refractivity contribution >= 4 is 16.7 Å². The zero-order chi connectivity index (χ0) is 16.4. The van der Waals surface area contributed by atoms with Gasteiger partial charge in [0.15, 0.2) is 6.61 Å². The minimum Gasteiger partial charge on any atom is -0.484 e. The summed E-state index contributed by atoms with van der Waals surface area (Å²) in [6.45, 7) is 4.08. The Morgan fingerprint density at radius 2 is 1.75 bits per heavy atom. The molecule has 2 aromatic carbocycles. The Morgan fingerprint density at radius 1 is 1.04 bits per heavy atom. The summed E-state index contributed by atoms with van der Waals surface area (Å²) in [5.74, 6) is 2.35. The van der Waals surface area contributed by atoms with Crippen LogP contribution in [0.5, 0.6) is 5.75 Å². The van der Waals surface area contributed by atoms with Crippen LogP contribution in [0.3, 0.4) is 0 Å². The molecule has 2 aliphatic heterocycles. The zero-order valence-corrected chi connectivity index (χ0v) is 13.9. The molecule has 0 spiro atoms. The van der Waals surface area contributed by atoms with Crippen molar-refractivity contribution in [1.29, 1.82) is 0 Å². The molecular weight excluding hydrogens is 300 g/mol. The summed E-state index contributed by atoms with van der Waals surface area (Å²) in [7, 11) is 0. The molecule has 2 saturated heterocycles. The van der Waals surface area contributed by atoms with Crippen molar-refractivity contribution in [2.45, 2.75) is 12.8 Å². The lowest BCUT2D eigenvalue weighted by Crippen LogP contribution is -2.36. The molecule has 0 aliphatic carbocycles. The number of nitrogens with one attached hydrogen (secondary N) is 1. The Labute approximate surface area is 142 Å². The zero-order valence-electron chi connectivity index (χ0n) is 13.9. The van der Waals surface area contributed by atoms with Gasteiger partial charge < -0.3 is 15.0 Å². The lowest BCUT2D eigenvalue weighted by atomic mass is 9.92. The third-order valence-corrected chi connectivity index (χ3v) is 5.46. The summed E-state index contributed by atoms with van der Waals surface area (Å²) in [4.78, 5) is 14.5. The van der Waals surface area contributed by atoms with Gasteiger partial charge >= 0.3 is 0 Å². The van der Waals surface area contributed by atoms with Crippen LogP contribution in [0.15, 0.2) is 42.5 Å². The Hall–Kier alpha value is -2.07. The van der Waals surface area contributed by atoms with Crippen LogP contribution in [0, 0.1) is 11.8 Å². The van der Waals surface area contributed by atoms with E-state index in [0.29, 0.717) is 0 Å². The molecule has 126 valence electrons. The van der Waals surface area contributed by atoms with E-state index >= 15 is 0 Å². The van der Waals surface area contributed by atoms with E-state index in [1.807, 2.05) is 35.2 Å². The summed E-state index contributed by atoms with van der Waals surface area (Å²) in [6, 6.07) is 14.2. The SMILES string of the molecule is O=C(COc1ccc2ccccc2c1)N1CC[C@@H]2CNC[C@@H]2CC1. The van der Waals surface area contributed by atoms with Gasteiger partial charge in [0, 0.05) is 13.1 Å². The van der Waals surface area contributed by atoms with Crippen LogP contribution in [-0.2, 0) is 4.79 Å². The van der Waals surface area contributed by atoms with Crippen LogP contribution in [0.4, 0.5) is 0 Å². The molecular formula is C20H24N2O2. The van der Waals surface area contributed by atoms with Gasteiger partial charge in [-0.1, -0.05) is 30.3 Å². The molecule has 4 heteroatoms. The van der Waals surface area contributed by atoms with E-state index in [9.17, 15) is 4.79 Å². The average Bonchev–Trinajstić information content (AvgIpc) is 2.98. The highest BCUT2D eigenvalue weighted by Gasteiger charge is 2.31. The van der Waals surface area contributed by atoms with Gasteiger partial charge in [-0.3, -0.25) is 4.79 Å². The fourth-order valence-corrected chi connectivity index (χ4v) is 3.96. The van der Waals surface area contributed by atoms with Gasteiger partial charge in [-0.05, 0) is 60.7 Å². The van der Waals surface area contributed by atoms with Gasteiger partial charge in [0.25, 0.3) is 5.91 Å². The van der Waals surface area contributed by atoms with Crippen LogP contribution >= 0.6 is 0 Å². The predicted octanol–water partition coefficient (Wildman–Crippen LogP) is 2.68. The monoisotopic (exact) mass is 324 g/mol. The largest absolute Gasteiger partial charge is 0.484 e. The van der Waals surface area contributed by atoms with Gasteiger partial charge in [0.1, 0.15) is 5.75 Å². The lowest BCUT2D eigenvalue weighted by molar-refractivity contribution is -0.133. The Balaban J connectivity index is 1.35. The minimum absolute atomic E-state index is 0.107. The fourth-order valence-electron chi connectivity index (χ4n) is 3.96. The molecule has 0 bridgehead atoms. The summed E-state index contributed by atoms with van der Waals surface area (Å²) < 4.78 is 5.76. The number of nitrogens with zero attached hydrogens (tertiary/aromatic N) is 1. The van der Waals surface area contributed by atoms with Gasteiger partial charge in [0.2, 0.25) is 0 Å². The van der Waals surface area contributed by atoms with E-state index in [4.69, 9.17) is 4.74 Å². The fraction of sp³-hybridized carbons (Fsp3) is 0.450. The molecule has 24 heavy (non-hydrogen) atoms. The number of fused-ring (bicyclic) bond motifs is 2. The molecule has 4 nitrogen and oxygen atoms in total. The standard InChI is InChI=1S/C20H24N2O2/c23-20(22-9-7-17-12-21-13-18(17)8-10-22)14-24-19-6-5-15-3-1-2-4-16(15)11-19/h1-6,11,17-18,21H,7-10,12-14H2/t17-,18+. The normalized spacial score (nSPS) is 23.8. The molecule has 2 aliphatic rings. The van der Waals surface area contributed by atoms with E-state index in [1.54, 1.807) is 0 Å². The molecule has 1 amide bonds. The minimum atomic E-state index is 0.107. The quantitative estimate of drug-likeness (QED) is 0.944. The van der Waals surface area contributed by atoms with Crippen molar-refractivity contribution < 1.29 is 9.53 Å². The van der Waals surface area contributed by atoms with Crippen molar-refractivity contribution in [2.75, 3.05) is 32.8 Å². The third kappa shape index (κ3) is 3.24. The molecule has 0 radical (unpaired) electrons. The van der Waals surface area contributed by atoms with Gasteiger partial charge in [-0.25, -0.2) is 0 Å². The number of rotatable bonds is 3.